The highest BCUT2D eigenvalue weighted by molar-refractivity contribution is 6.04. The summed E-state index contributed by atoms with van der Waals surface area (Å²) < 4.78 is 0. The Hall–Kier alpha value is -2.01. The van der Waals surface area contributed by atoms with E-state index >= 15 is 0 Å². The molecule has 2 atom stereocenters. The molecule has 1 N–H and O–H groups in total. The van der Waals surface area contributed by atoms with Crippen LogP contribution in [0.25, 0.3) is 11.0 Å². The second-order valence-electron chi connectivity index (χ2n) is 5.90. The smallest absolute Gasteiger partial charge is 0.256 e. The largest absolute Gasteiger partial charge is 0.337 e. The van der Waals surface area contributed by atoms with Crippen molar-refractivity contribution in [1.82, 2.24) is 20.2 Å². The first-order chi connectivity index (χ1) is 10.3. The third kappa shape index (κ3) is 2.17. The van der Waals surface area contributed by atoms with Crippen molar-refractivity contribution in [3.63, 3.8) is 0 Å². The van der Waals surface area contributed by atoms with E-state index in [4.69, 9.17) is 0 Å². The monoisotopic (exact) mass is 282 g/mol. The number of carbonyl (C=O) groups is 1. The van der Waals surface area contributed by atoms with Crippen molar-refractivity contribution < 1.29 is 4.79 Å². The molecule has 2 aromatic rings. The Labute approximate surface area is 123 Å². The number of likely N-dealkylation sites (tertiary alicyclic amines) is 1. The van der Waals surface area contributed by atoms with E-state index < -0.39 is 0 Å². The zero-order valence-electron chi connectivity index (χ0n) is 11.8. The fourth-order valence-corrected chi connectivity index (χ4v) is 3.55. The number of hydrogen-bond acceptors (Lipinski definition) is 4. The Kier molecular flexibility index (Phi) is 3.07. The van der Waals surface area contributed by atoms with Crippen LogP contribution in [0.3, 0.4) is 0 Å². The molecule has 1 aromatic heterocycles. The lowest BCUT2D eigenvalue weighted by atomic mass is 9.94. The molecule has 2 saturated heterocycles. The highest BCUT2D eigenvalue weighted by Gasteiger charge is 2.37. The maximum atomic E-state index is 12.8. The van der Waals surface area contributed by atoms with Gasteiger partial charge in [0.2, 0.25) is 0 Å². The Morgan fingerprint density at radius 2 is 2.14 bits per heavy atom. The highest BCUT2D eigenvalue weighted by atomic mass is 16.2. The number of amides is 1. The molecule has 2 fully saturated rings. The van der Waals surface area contributed by atoms with Crippen molar-refractivity contribution in [2.75, 3.05) is 19.6 Å². The van der Waals surface area contributed by atoms with E-state index in [9.17, 15) is 4.79 Å². The summed E-state index contributed by atoms with van der Waals surface area (Å²) in [5.41, 5.74) is 2.14. The SMILES string of the molecule is O=C(c1cccc2nccnc12)N1CC2CCCNC2C1. The van der Waals surface area contributed by atoms with Crippen LogP contribution in [0.2, 0.25) is 0 Å². The number of para-hydroxylation sites is 1. The molecule has 4 rings (SSSR count). The lowest BCUT2D eigenvalue weighted by Crippen LogP contribution is -2.41. The van der Waals surface area contributed by atoms with E-state index in [-0.39, 0.29) is 5.91 Å². The van der Waals surface area contributed by atoms with Gasteiger partial charge in [-0.15, -0.1) is 0 Å². The minimum atomic E-state index is 0.0808. The van der Waals surface area contributed by atoms with Crippen LogP contribution in [0, 0.1) is 5.92 Å². The van der Waals surface area contributed by atoms with Gasteiger partial charge in [0.25, 0.3) is 5.91 Å². The van der Waals surface area contributed by atoms with Crippen LogP contribution in [0.1, 0.15) is 23.2 Å². The average molecular weight is 282 g/mol. The molecule has 0 spiro atoms. The molecule has 21 heavy (non-hydrogen) atoms. The molecule has 2 aliphatic heterocycles. The van der Waals surface area contributed by atoms with Gasteiger partial charge in [0.15, 0.2) is 0 Å². The lowest BCUT2D eigenvalue weighted by molar-refractivity contribution is 0.0787. The van der Waals surface area contributed by atoms with Crippen molar-refractivity contribution in [1.29, 1.82) is 0 Å². The summed E-state index contributed by atoms with van der Waals surface area (Å²) in [5.74, 6) is 0.682. The summed E-state index contributed by atoms with van der Waals surface area (Å²) in [6.07, 6.45) is 5.73. The van der Waals surface area contributed by atoms with Crippen molar-refractivity contribution in [3.05, 3.63) is 36.2 Å². The molecule has 108 valence electrons. The number of benzene rings is 1. The molecule has 5 heteroatoms. The Morgan fingerprint density at radius 1 is 1.24 bits per heavy atom. The van der Waals surface area contributed by atoms with E-state index in [1.807, 2.05) is 23.1 Å². The molecular formula is C16H18N4O. The standard InChI is InChI=1S/C16H18N4O/c21-16(20-9-11-3-2-6-17-14(11)10-20)12-4-1-5-13-15(12)19-8-7-18-13/h1,4-5,7-8,11,14,17H,2-3,6,9-10H2. The zero-order chi connectivity index (χ0) is 14.2. The molecule has 0 bridgehead atoms. The molecule has 0 saturated carbocycles. The van der Waals surface area contributed by atoms with Gasteiger partial charge in [-0.1, -0.05) is 6.07 Å². The van der Waals surface area contributed by atoms with Gasteiger partial charge in [-0.2, -0.15) is 0 Å². The summed E-state index contributed by atoms with van der Waals surface area (Å²) >= 11 is 0. The topological polar surface area (TPSA) is 58.1 Å². The van der Waals surface area contributed by atoms with E-state index in [0.717, 1.165) is 25.2 Å². The van der Waals surface area contributed by atoms with Crippen LogP contribution in [0.15, 0.2) is 30.6 Å². The zero-order valence-corrected chi connectivity index (χ0v) is 11.8. The van der Waals surface area contributed by atoms with Crippen LogP contribution in [0.4, 0.5) is 0 Å². The summed E-state index contributed by atoms with van der Waals surface area (Å²) in [4.78, 5) is 23.4. The third-order valence-electron chi connectivity index (χ3n) is 4.62. The molecule has 2 unspecified atom stereocenters. The van der Waals surface area contributed by atoms with Crippen LogP contribution >= 0.6 is 0 Å². The fraction of sp³-hybridized carbons (Fsp3) is 0.438. The second kappa shape index (κ2) is 5.07. The van der Waals surface area contributed by atoms with E-state index in [1.165, 1.54) is 12.8 Å². The first kappa shape index (κ1) is 12.7. The Bertz CT molecular complexity index is 668. The number of nitrogens with zero attached hydrogens (tertiary/aromatic N) is 3. The van der Waals surface area contributed by atoms with E-state index in [1.54, 1.807) is 12.4 Å². The third-order valence-corrected chi connectivity index (χ3v) is 4.62. The first-order valence-corrected chi connectivity index (χ1v) is 7.55. The minimum absolute atomic E-state index is 0.0808. The number of aromatic nitrogens is 2. The van der Waals surface area contributed by atoms with Gasteiger partial charge in [-0.05, 0) is 37.4 Å². The molecule has 0 aliphatic carbocycles. The number of rotatable bonds is 1. The van der Waals surface area contributed by atoms with Crippen molar-refractivity contribution in [2.45, 2.75) is 18.9 Å². The molecular weight excluding hydrogens is 264 g/mol. The quantitative estimate of drug-likeness (QED) is 0.860. The molecule has 1 amide bonds. The molecule has 1 aromatic carbocycles. The van der Waals surface area contributed by atoms with Gasteiger partial charge in [-0.25, -0.2) is 0 Å². The van der Waals surface area contributed by atoms with Gasteiger partial charge in [0.05, 0.1) is 11.1 Å². The van der Waals surface area contributed by atoms with Gasteiger partial charge in [-0.3, -0.25) is 14.8 Å². The minimum Gasteiger partial charge on any atom is -0.337 e. The summed E-state index contributed by atoms with van der Waals surface area (Å²) in [6, 6.07) is 6.09. The first-order valence-electron chi connectivity index (χ1n) is 7.55. The number of carbonyl (C=O) groups excluding carboxylic acids is 1. The van der Waals surface area contributed by atoms with Gasteiger partial charge in [0.1, 0.15) is 5.52 Å². The van der Waals surface area contributed by atoms with Crippen LogP contribution in [0.5, 0.6) is 0 Å². The van der Waals surface area contributed by atoms with Crippen molar-refractivity contribution >= 4 is 16.9 Å². The maximum absolute atomic E-state index is 12.8. The van der Waals surface area contributed by atoms with Crippen LogP contribution < -0.4 is 5.32 Å². The average Bonchev–Trinajstić information content (AvgIpc) is 2.97. The molecule has 0 radical (unpaired) electrons. The number of piperidine rings is 1. The predicted molar refractivity (Wildman–Crippen MR) is 80.0 cm³/mol. The molecule has 5 nitrogen and oxygen atoms in total. The van der Waals surface area contributed by atoms with Gasteiger partial charge < -0.3 is 10.2 Å². The summed E-state index contributed by atoms with van der Waals surface area (Å²) in [7, 11) is 0. The van der Waals surface area contributed by atoms with Crippen LogP contribution in [-0.4, -0.2) is 46.5 Å². The summed E-state index contributed by atoms with van der Waals surface area (Å²) in [6.45, 7) is 2.73. The van der Waals surface area contributed by atoms with E-state index in [2.05, 4.69) is 15.3 Å². The number of hydrogen-bond donors (Lipinski definition) is 1. The Morgan fingerprint density at radius 3 is 3.05 bits per heavy atom. The highest BCUT2D eigenvalue weighted by Crippen LogP contribution is 2.27. The van der Waals surface area contributed by atoms with E-state index in [0.29, 0.717) is 23.0 Å². The number of nitrogens with one attached hydrogen (secondary N) is 1. The van der Waals surface area contributed by atoms with Crippen LogP contribution in [-0.2, 0) is 0 Å². The van der Waals surface area contributed by atoms with Gasteiger partial charge in [0, 0.05) is 31.5 Å². The fourth-order valence-electron chi connectivity index (χ4n) is 3.55. The Balaban J connectivity index is 1.65. The van der Waals surface area contributed by atoms with Crippen molar-refractivity contribution in [3.8, 4) is 0 Å². The molecule has 2 aliphatic rings. The van der Waals surface area contributed by atoms with Gasteiger partial charge >= 0.3 is 0 Å². The second-order valence-corrected chi connectivity index (χ2v) is 5.90. The summed E-state index contributed by atoms with van der Waals surface area (Å²) in [5, 5.41) is 3.53. The van der Waals surface area contributed by atoms with Crippen molar-refractivity contribution in [2.24, 2.45) is 5.92 Å². The predicted octanol–water partition coefficient (Wildman–Crippen LogP) is 1.45. The maximum Gasteiger partial charge on any atom is 0.256 e. The molecule has 3 heterocycles. The lowest BCUT2D eigenvalue weighted by Gasteiger charge is -2.24. The normalized spacial score (nSPS) is 25.0. The number of fused-ring (bicyclic) bond motifs is 2.